The number of rotatable bonds is 9. The summed E-state index contributed by atoms with van der Waals surface area (Å²) >= 11 is 0. The second-order valence-electron chi connectivity index (χ2n) is 8.55. The Morgan fingerprint density at radius 2 is 1.86 bits per heavy atom. The molecule has 1 N–H and O–H groups in total. The summed E-state index contributed by atoms with van der Waals surface area (Å²) in [7, 11) is 0. The lowest BCUT2D eigenvalue weighted by Gasteiger charge is -2.32. The third-order valence-corrected chi connectivity index (χ3v) is 5.88. The number of amides is 1. The summed E-state index contributed by atoms with van der Waals surface area (Å²) < 4.78 is 5.98. The van der Waals surface area contributed by atoms with E-state index in [-0.39, 0.29) is 5.91 Å². The molecule has 4 nitrogen and oxygen atoms in total. The lowest BCUT2D eigenvalue weighted by Crippen LogP contribution is -2.35. The molecule has 2 aliphatic rings. The molecule has 2 fully saturated rings. The first kappa shape index (κ1) is 20.0. The van der Waals surface area contributed by atoms with Crippen LogP contribution in [0.4, 0.5) is 0 Å². The maximum Gasteiger partial charge on any atom is 0.220 e. The molecular weight excluding hydrogens is 360 g/mol. The number of carbonyl (C=O) groups excluding carboxylic acids is 1. The fraction of sp³-hybridized carbons (Fsp3) is 0.480. The predicted molar refractivity (Wildman–Crippen MR) is 116 cm³/mol. The van der Waals surface area contributed by atoms with E-state index in [4.69, 9.17) is 4.74 Å². The first-order valence-corrected chi connectivity index (χ1v) is 11.0. The maximum atomic E-state index is 12.0. The molecule has 4 rings (SSSR count). The van der Waals surface area contributed by atoms with E-state index >= 15 is 0 Å². The van der Waals surface area contributed by atoms with E-state index in [1.165, 1.54) is 24.0 Å². The van der Waals surface area contributed by atoms with Crippen molar-refractivity contribution in [1.82, 2.24) is 10.2 Å². The van der Waals surface area contributed by atoms with Gasteiger partial charge in [-0.3, -0.25) is 9.69 Å². The van der Waals surface area contributed by atoms with Crippen molar-refractivity contribution in [2.45, 2.75) is 57.7 Å². The van der Waals surface area contributed by atoms with Gasteiger partial charge in [0.15, 0.2) is 0 Å². The Labute approximate surface area is 174 Å². The van der Waals surface area contributed by atoms with Crippen molar-refractivity contribution in [1.29, 1.82) is 0 Å². The van der Waals surface area contributed by atoms with E-state index in [0.717, 1.165) is 44.6 Å². The van der Waals surface area contributed by atoms with Gasteiger partial charge in [-0.15, -0.1) is 0 Å². The predicted octanol–water partition coefficient (Wildman–Crippen LogP) is 4.54. The molecule has 1 saturated heterocycles. The van der Waals surface area contributed by atoms with Gasteiger partial charge in [0.25, 0.3) is 0 Å². The molecule has 2 aromatic carbocycles. The van der Waals surface area contributed by atoms with E-state index in [9.17, 15) is 4.79 Å². The number of carbonyl (C=O) groups is 1. The zero-order valence-electron chi connectivity index (χ0n) is 17.2. The van der Waals surface area contributed by atoms with Crippen LogP contribution >= 0.6 is 0 Å². The van der Waals surface area contributed by atoms with Crippen LogP contribution in [0, 0.1) is 5.92 Å². The topological polar surface area (TPSA) is 41.6 Å². The van der Waals surface area contributed by atoms with Gasteiger partial charge in [0.2, 0.25) is 5.91 Å². The molecule has 0 unspecified atom stereocenters. The van der Waals surface area contributed by atoms with Gasteiger partial charge in [-0.2, -0.15) is 0 Å². The molecule has 1 aliphatic carbocycles. The van der Waals surface area contributed by atoms with Crippen LogP contribution in [0.2, 0.25) is 0 Å². The van der Waals surface area contributed by atoms with Crippen LogP contribution in [0.1, 0.15) is 49.7 Å². The number of nitrogens with one attached hydrogen (secondary N) is 1. The molecule has 1 saturated carbocycles. The molecule has 0 aromatic heterocycles. The van der Waals surface area contributed by atoms with E-state index in [2.05, 4.69) is 40.5 Å². The SMILES string of the molecule is O=C(CC[C@H]1CCCN(Cc2cccc(OCc3ccccc3)c2)C1)NC1CC1. The maximum absolute atomic E-state index is 12.0. The molecule has 29 heavy (non-hydrogen) atoms. The van der Waals surface area contributed by atoms with Crippen LogP contribution < -0.4 is 10.1 Å². The number of piperidine rings is 1. The van der Waals surface area contributed by atoms with Gasteiger partial charge in [-0.05, 0) is 67.8 Å². The van der Waals surface area contributed by atoms with E-state index < -0.39 is 0 Å². The first-order chi connectivity index (χ1) is 14.2. The van der Waals surface area contributed by atoms with E-state index in [1.807, 2.05) is 24.3 Å². The molecule has 0 bridgehead atoms. The second-order valence-corrected chi connectivity index (χ2v) is 8.55. The number of nitrogens with zero attached hydrogens (tertiary/aromatic N) is 1. The number of benzene rings is 2. The largest absolute Gasteiger partial charge is 0.489 e. The molecule has 2 aromatic rings. The average molecular weight is 393 g/mol. The van der Waals surface area contributed by atoms with Crippen LogP contribution in [0.3, 0.4) is 0 Å². The molecule has 1 atom stereocenters. The first-order valence-electron chi connectivity index (χ1n) is 11.0. The highest BCUT2D eigenvalue weighted by Crippen LogP contribution is 2.24. The minimum absolute atomic E-state index is 0.243. The average Bonchev–Trinajstić information content (AvgIpc) is 3.56. The standard InChI is InChI=1S/C25H32N2O2/c28-25(26-23-12-13-23)14-11-20-9-5-15-27(17-20)18-22-8-4-10-24(16-22)29-19-21-6-2-1-3-7-21/h1-4,6-8,10,16,20,23H,5,9,11-15,17-19H2,(H,26,28)/t20-/m1/s1. The highest BCUT2D eigenvalue weighted by Gasteiger charge is 2.25. The molecule has 1 aliphatic heterocycles. The van der Waals surface area contributed by atoms with Crippen molar-refractivity contribution < 1.29 is 9.53 Å². The van der Waals surface area contributed by atoms with E-state index in [1.54, 1.807) is 0 Å². The third kappa shape index (κ3) is 6.60. The normalized spacial score (nSPS) is 19.7. The van der Waals surface area contributed by atoms with Crippen LogP contribution in [0.25, 0.3) is 0 Å². The molecule has 154 valence electrons. The Kier molecular flexibility index (Phi) is 6.83. The summed E-state index contributed by atoms with van der Waals surface area (Å²) in [6.45, 7) is 3.78. The Hall–Kier alpha value is -2.33. The molecule has 1 heterocycles. The minimum atomic E-state index is 0.243. The van der Waals surface area contributed by atoms with Crippen molar-refractivity contribution in [3.05, 3.63) is 65.7 Å². The summed E-state index contributed by atoms with van der Waals surface area (Å²) in [5, 5.41) is 3.11. The van der Waals surface area contributed by atoms with Crippen LogP contribution in [-0.2, 0) is 17.9 Å². The third-order valence-electron chi connectivity index (χ3n) is 5.88. The summed E-state index contributed by atoms with van der Waals surface area (Å²) in [5.74, 6) is 1.80. The lowest BCUT2D eigenvalue weighted by molar-refractivity contribution is -0.121. The number of hydrogen-bond acceptors (Lipinski definition) is 3. The van der Waals surface area contributed by atoms with Crippen LogP contribution in [-0.4, -0.2) is 29.9 Å². The zero-order chi connectivity index (χ0) is 19.9. The highest BCUT2D eigenvalue weighted by molar-refractivity contribution is 5.76. The number of ether oxygens (including phenoxy) is 1. The Morgan fingerprint density at radius 3 is 2.69 bits per heavy atom. The molecule has 0 radical (unpaired) electrons. The van der Waals surface area contributed by atoms with Gasteiger partial charge in [0, 0.05) is 25.6 Å². The Morgan fingerprint density at radius 1 is 1.03 bits per heavy atom. The highest BCUT2D eigenvalue weighted by atomic mass is 16.5. The van der Waals surface area contributed by atoms with Gasteiger partial charge in [0.05, 0.1) is 0 Å². The molecule has 1 amide bonds. The molecule has 4 heteroatoms. The fourth-order valence-electron chi connectivity index (χ4n) is 4.13. The van der Waals surface area contributed by atoms with Crippen LogP contribution in [0.5, 0.6) is 5.75 Å². The quantitative estimate of drug-likeness (QED) is 0.681. The zero-order valence-corrected chi connectivity index (χ0v) is 17.2. The van der Waals surface area contributed by atoms with Gasteiger partial charge in [0.1, 0.15) is 12.4 Å². The fourth-order valence-corrected chi connectivity index (χ4v) is 4.13. The van der Waals surface area contributed by atoms with Gasteiger partial charge < -0.3 is 10.1 Å². The molecular formula is C25H32N2O2. The van der Waals surface area contributed by atoms with Crippen molar-refractivity contribution in [3.63, 3.8) is 0 Å². The summed E-state index contributed by atoms with van der Waals surface area (Å²) in [5.41, 5.74) is 2.48. The van der Waals surface area contributed by atoms with Gasteiger partial charge in [-0.25, -0.2) is 0 Å². The van der Waals surface area contributed by atoms with E-state index in [0.29, 0.717) is 25.0 Å². The second kappa shape index (κ2) is 9.93. The monoisotopic (exact) mass is 392 g/mol. The lowest BCUT2D eigenvalue weighted by atomic mass is 9.93. The van der Waals surface area contributed by atoms with Crippen molar-refractivity contribution in [2.24, 2.45) is 5.92 Å². The van der Waals surface area contributed by atoms with Crippen molar-refractivity contribution in [2.75, 3.05) is 13.1 Å². The van der Waals surface area contributed by atoms with Gasteiger partial charge in [-0.1, -0.05) is 42.5 Å². The number of likely N-dealkylation sites (tertiary alicyclic amines) is 1. The molecule has 0 spiro atoms. The summed E-state index contributed by atoms with van der Waals surface area (Å²) in [4.78, 5) is 14.5. The number of hydrogen-bond donors (Lipinski definition) is 1. The minimum Gasteiger partial charge on any atom is -0.489 e. The van der Waals surface area contributed by atoms with Crippen molar-refractivity contribution in [3.8, 4) is 5.75 Å². The Balaban J connectivity index is 1.24. The smallest absolute Gasteiger partial charge is 0.220 e. The van der Waals surface area contributed by atoms with Crippen LogP contribution in [0.15, 0.2) is 54.6 Å². The van der Waals surface area contributed by atoms with Crippen molar-refractivity contribution >= 4 is 5.91 Å². The summed E-state index contributed by atoms with van der Waals surface area (Å²) in [6.07, 6.45) is 6.48. The van der Waals surface area contributed by atoms with Gasteiger partial charge >= 0.3 is 0 Å². The Bertz CT molecular complexity index is 788. The summed E-state index contributed by atoms with van der Waals surface area (Å²) in [6, 6.07) is 19.2.